The van der Waals surface area contributed by atoms with E-state index in [1.807, 2.05) is 0 Å². The highest BCUT2D eigenvalue weighted by molar-refractivity contribution is 7.09. The fraction of sp³-hybridized carbons (Fsp3) is 0.333. The second-order valence-electron chi connectivity index (χ2n) is 3.70. The van der Waals surface area contributed by atoms with Crippen molar-refractivity contribution in [3.8, 4) is 0 Å². The predicted octanol–water partition coefficient (Wildman–Crippen LogP) is -0.0421. The standard InChI is InChI=1S/C9H11N7O3S/c1-5-11-9(20-14-5)12-8(19)10-2-3-16-4-6(7(17)18)13-15-16/h4H,2-3H2,1H3,(H,17,18)(H2,10,11,12,14,19). The summed E-state index contributed by atoms with van der Waals surface area (Å²) in [5.74, 6) is -0.553. The van der Waals surface area contributed by atoms with Crippen molar-refractivity contribution in [2.45, 2.75) is 13.5 Å². The first-order valence-corrected chi connectivity index (χ1v) is 6.30. The Labute approximate surface area is 117 Å². The number of carboxylic acid groups (broad SMARTS) is 1. The summed E-state index contributed by atoms with van der Waals surface area (Å²) in [4.78, 5) is 26.1. The summed E-state index contributed by atoms with van der Waals surface area (Å²) in [5, 5.41) is 21.3. The van der Waals surface area contributed by atoms with E-state index in [4.69, 9.17) is 5.11 Å². The molecule has 0 aromatic carbocycles. The number of hydrogen-bond donors (Lipinski definition) is 3. The van der Waals surface area contributed by atoms with Gasteiger partial charge in [0, 0.05) is 18.1 Å². The summed E-state index contributed by atoms with van der Waals surface area (Å²) in [6.45, 7) is 2.30. The first kappa shape index (κ1) is 13.9. The van der Waals surface area contributed by atoms with Crippen LogP contribution in [-0.4, -0.2) is 48.0 Å². The zero-order chi connectivity index (χ0) is 14.5. The second-order valence-corrected chi connectivity index (χ2v) is 4.45. The molecular weight excluding hydrogens is 286 g/mol. The Hall–Kier alpha value is -2.56. The third-order valence-corrected chi connectivity index (χ3v) is 2.85. The largest absolute Gasteiger partial charge is 0.476 e. The molecule has 3 N–H and O–H groups in total. The third kappa shape index (κ3) is 3.71. The molecule has 0 bridgehead atoms. The van der Waals surface area contributed by atoms with Crippen molar-refractivity contribution >= 4 is 28.7 Å². The van der Waals surface area contributed by atoms with Gasteiger partial charge in [-0.05, 0) is 6.92 Å². The van der Waals surface area contributed by atoms with Crippen molar-refractivity contribution in [1.29, 1.82) is 0 Å². The van der Waals surface area contributed by atoms with Gasteiger partial charge in [-0.15, -0.1) is 5.10 Å². The molecule has 2 heterocycles. The summed E-state index contributed by atoms with van der Waals surface area (Å²) in [6.07, 6.45) is 1.29. The van der Waals surface area contributed by atoms with Crippen LogP contribution >= 0.6 is 11.5 Å². The Morgan fingerprint density at radius 3 is 2.90 bits per heavy atom. The van der Waals surface area contributed by atoms with Gasteiger partial charge in [-0.3, -0.25) is 5.32 Å². The number of anilines is 1. The Bertz CT molecular complexity index is 623. The fourth-order valence-corrected chi connectivity index (χ4v) is 1.85. The lowest BCUT2D eigenvalue weighted by atomic mass is 10.5. The third-order valence-electron chi connectivity index (χ3n) is 2.13. The summed E-state index contributed by atoms with van der Waals surface area (Å²) in [7, 11) is 0. The van der Waals surface area contributed by atoms with Crippen molar-refractivity contribution in [3.05, 3.63) is 17.7 Å². The van der Waals surface area contributed by atoms with E-state index < -0.39 is 12.0 Å². The van der Waals surface area contributed by atoms with Gasteiger partial charge in [-0.25, -0.2) is 19.3 Å². The number of aryl methyl sites for hydroxylation is 1. The van der Waals surface area contributed by atoms with Crippen molar-refractivity contribution in [3.63, 3.8) is 0 Å². The first-order valence-electron chi connectivity index (χ1n) is 5.53. The quantitative estimate of drug-likeness (QED) is 0.704. The average molecular weight is 297 g/mol. The Morgan fingerprint density at radius 1 is 1.50 bits per heavy atom. The second kappa shape index (κ2) is 6.06. The molecule has 0 saturated carbocycles. The van der Waals surface area contributed by atoms with Gasteiger partial charge >= 0.3 is 12.0 Å². The molecule has 0 aliphatic heterocycles. The van der Waals surface area contributed by atoms with Crippen LogP contribution in [0.5, 0.6) is 0 Å². The topological polar surface area (TPSA) is 135 Å². The van der Waals surface area contributed by atoms with Crippen LogP contribution in [0.3, 0.4) is 0 Å². The number of urea groups is 1. The summed E-state index contributed by atoms with van der Waals surface area (Å²) in [5.41, 5.74) is -0.140. The van der Waals surface area contributed by atoms with Gasteiger partial charge in [0.05, 0.1) is 12.7 Å². The maximum Gasteiger partial charge on any atom is 0.358 e. The maximum absolute atomic E-state index is 11.5. The molecule has 0 radical (unpaired) electrons. The van der Waals surface area contributed by atoms with E-state index in [2.05, 4.69) is 30.3 Å². The lowest BCUT2D eigenvalue weighted by Gasteiger charge is -2.04. The predicted molar refractivity (Wildman–Crippen MR) is 68.6 cm³/mol. The number of rotatable bonds is 5. The van der Waals surface area contributed by atoms with Crippen LogP contribution in [0.4, 0.5) is 9.93 Å². The van der Waals surface area contributed by atoms with E-state index in [9.17, 15) is 9.59 Å². The molecule has 20 heavy (non-hydrogen) atoms. The number of aromatic carboxylic acids is 1. The molecule has 11 heteroatoms. The van der Waals surface area contributed by atoms with Crippen LogP contribution in [0, 0.1) is 6.92 Å². The minimum absolute atomic E-state index is 0.140. The van der Waals surface area contributed by atoms with Crippen molar-refractivity contribution in [2.24, 2.45) is 0 Å². The highest BCUT2D eigenvalue weighted by Crippen LogP contribution is 2.09. The average Bonchev–Trinajstić information content (AvgIpc) is 2.99. The number of nitrogens with one attached hydrogen (secondary N) is 2. The number of carbonyl (C=O) groups excluding carboxylic acids is 1. The van der Waals surface area contributed by atoms with Gasteiger partial charge in [0.25, 0.3) is 0 Å². The maximum atomic E-state index is 11.5. The van der Waals surface area contributed by atoms with Gasteiger partial charge in [0.15, 0.2) is 5.69 Å². The van der Waals surface area contributed by atoms with Crippen molar-refractivity contribution in [1.82, 2.24) is 29.7 Å². The summed E-state index contributed by atoms with van der Waals surface area (Å²) >= 11 is 1.09. The minimum Gasteiger partial charge on any atom is -0.476 e. The van der Waals surface area contributed by atoms with Crippen molar-refractivity contribution < 1.29 is 14.7 Å². The van der Waals surface area contributed by atoms with Gasteiger partial charge in [0.1, 0.15) is 5.82 Å². The van der Waals surface area contributed by atoms with E-state index in [0.29, 0.717) is 17.5 Å². The highest BCUT2D eigenvalue weighted by atomic mass is 32.1. The number of hydrogen-bond acceptors (Lipinski definition) is 7. The van der Waals surface area contributed by atoms with E-state index >= 15 is 0 Å². The highest BCUT2D eigenvalue weighted by Gasteiger charge is 2.08. The van der Waals surface area contributed by atoms with Crippen LogP contribution in [0.1, 0.15) is 16.3 Å². The lowest BCUT2D eigenvalue weighted by Crippen LogP contribution is -2.31. The van der Waals surface area contributed by atoms with Crippen molar-refractivity contribution in [2.75, 3.05) is 11.9 Å². The fourth-order valence-electron chi connectivity index (χ4n) is 1.28. The molecule has 0 atom stereocenters. The molecule has 2 rings (SSSR count). The van der Waals surface area contributed by atoms with E-state index in [1.54, 1.807) is 6.92 Å². The smallest absolute Gasteiger partial charge is 0.358 e. The zero-order valence-electron chi connectivity index (χ0n) is 10.4. The molecule has 0 unspecified atom stereocenters. The first-order chi connectivity index (χ1) is 9.54. The molecule has 106 valence electrons. The van der Waals surface area contributed by atoms with E-state index in [1.165, 1.54) is 10.9 Å². The molecule has 0 aliphatic carbocycles. The molecule has 2 amide bonds. The molecule has 0 aliphatic rings. The van der Waals surface area contributed by atoms with Gasteiger partial charge in [-0.1, -0.05) is 5.21 Å². The number of carbonyl (C=O) groups is 2. The Morgan fingerprint density at radius 2 is 2.30 bits per heavy atom. The van der Waals surface area contributed by atoms with E-state index in [0.717, 1.165) is 11.5 Å². The zero-order valence-corrected chi connectivity index (χ0v) is 11.2. The molecule has 10 nitrogen and oxygen atoms in total. The number of nitrogens with zero attached hydrogens (tertiary/aromatic N) is 5. The molecule has 0 spiro atoms. The minimum atomic E-state index is -1.14. The van der Waals surface area contributed by atoms with Gasteiger partial charge in [0.2, 0.25) is 5.13 Å². The normalized spacial score (nSPS) is 10.2. The molecule has 0 fully saturated rings. The van der Waals surface area contributed by atoms with Gasteiger partial charge in [-0.2, -0.15) is 4.37 Å². The summed E-state index contributed by atoms with van der Waals surface area (Å²) < 4.78 is 5.26. The van der Waals surface area contributed by atoms with Gasteiger partial charge < -0.3 is 10.4 Å². The number of amides is 2. The molecule has 2 aromatic heterocycles. The van der Waals surface area contributed by atoms with Crippen LogP contribution in [-0.2, 0) is 6.54 Å². The molecular formula is C9H11N7O3S. The Balaban J connectivity index is 1.74. The van der Waals surface area contributed by atoms with Crippen LogP contribution in [0.25, 0.3) is 0 Å². The lowest BCUT2D eigenvalue weighted by molar-refractivity contribution is 0.0690. The van der Waals surface area contributed by atoms with Crippen LogP contribution < -0.4 is 10.6 Å². The monoisotopic (exact) mass is 297 g/mol. The SMILES string of the molecule is Cc1nsc(NC(=O)NCCn2cc(C(=O)O)nn2)n1. The molecule has 2 aromatic rings. The molecule has 0 saturated heterocycles. The number of carboxylic acids is 1. The summed E-state index contributed by atoms with van der Waals surface area (Å²) in [6, 6.07) is -0.417. The number of aromatic nitrogens is 5. The van der Waals surface area contributed by atoms with E-state index in [-0.39, 0.29) is 12.2 Å². The Kier molecular flexibility index (Phi) is 4.20. The van der Waals surface area contributed by atoms with Crippen LogP contribution in [0.2, 0.25) is 0 Å². The van der Waals surface area contributed by atoms with Crippen LogP contribution in [0.15, 0.2) is 6.20 Å².